The van der Waals surface area contributed by atoms with Gasteiger partial charge in [-0.3, -0.25) is 4.79 Å². The van der Waals surface area contributed by atoms with Crippen molar-refractivity contribution in [2.24, 2.45) is 5.10 Å². The lowest BCUT2D eigenvalue weighted by Gasteiger charge is -2.21. The van der Waals surface area contributed by atoms with E-state index >= 15 is 0 Å². The molecule has 3 aromatic carbocycles. The minimum absolute atomic E-state index is 0.225. The van der Waals surface area contributed by atoms with Crippen LogP contribution in [0.5, 0.6) is 5.75 Å². The average Bonchev–Trinajstić information content (AvgIpc) is 2.77. The lowest BCUT2D eigenvalue weighted by atomic mass is 9.95. The predicted octanol–water partition coefficient (Wildman–Crippen LogP) is 7.27. The number of fused-ring (bicyclic) bond motifs is 1. The summed E-state index contributed by atoms with van der Waals surface area (Å²) in [5, 5.41) is 5.04. The minimum atomic E-state index is -0.394. The van der Waals surface area contributed by atoms with Crippen molar-refractivity contribution in [3.8, 4) is 5.75 Å². The molecule has 0 aliphatic carbocycles. The molecule has 0 N–H and O–H groups in total. The summed E-state index contributed by atoms with van der Waals surface area (Å²) in [6.07, 6.45) is 1.66. The molecule has 1 heterocycles. The Morgan fingerprint density at radius 3 is 2.49 bits per heavy atom. The van der Waals surface area contributed by atoms with Gasteiger partial charge in [0.05, 0.1) is 24.3 Å². The molecule has 0 aliphatic heterocycles. The predicted molar refractivity (Wildman–Crippen MR) is 158 cm³/mol. The fraction of sp³-hybridized carbons (Fsp3) is 0.192. The normalized spacial score (nSPS) is 12.0. The quantitative estimate of drug-likeness (QED) is 0.159. The van der Waals surface area contributed by atoms with Crippen LogP contribution in [0.4, 0.5) is 4.39 Å². The van der Waals surface area contributed by atoms with Crippen LogP contribution in [-0.4, -0.2) is 15.9 Å². The Bertz CT molecular complexity index is 1490. The molecular formula is C26H21BrFI2N3O2. The molecule has 0 unspecified atom stereocenters. The summed E-state index contributed by atoms with van der Waals surface area (Å²) in [5.74, 6) is 1.01. The SMILES string of the molecule is CC(C)(C)c1nc2ccc(Br)cc2c(=O)n1N=Cc1cc(I)c(OCc2cccc(F)c2)c(I)c1. The van der Waals surface area contributed by atoms with Crippen LogP contribution in [0, 0.1) is 13.0 Å². The van der Waals surface area contributed by atoms with Crippen molar-refractivity contribution in [3.05, 3.63) is 99.3 Å². The molecule has 0 fully saturated rings. The number of rotatable bonds is 5. The first-order chi connectivity index (χ1) is 16.5. The molecule has 35 heavy (non-hydrogen) atoms. The Kier molecular flexibility index (Phi) is 7.96. The number of hydrogen-bond acceptors (Lipinski definition) is 4. The summed E-state index contributed by atoms with van der Waals surface area (Å²) in [6, 6.07) is 15.7. The fourth-order valence-corrected chi connectivity index (χ4v) is 5.93. The van der Waals surface area contributed by atoms with Crippen LogP contribution in [0.25, 0.3) is 10.9 Å². The van der Waals surface area contributed by atoms with Crippen LogP contribution in [0.15, 0.2) is 69.0 Å². The van der Waals surface area contributed by atoms with Gasteiger partial charge in [-0.1, -0.05) is 48.8 Å². The summed E-state index contributed by atoms with van der Waals surface area (Å²) >= 11 is 7.84. The summed E-state index contributed by atoms with van der Waals surface area (Å²) in [5.41, 5.74) is 1.59. The minimum Gasteiger partial charge on any atom is -0.487 e. The fourth-order valence-electron chi connectivity index (χ4n) is 3.44. The van der Waals surface area contributed by atoms with Crippen LogP contribution in [0.2, 0.25) is 0 Å². The number of nitrogens with zero attached hydrogens (tertiary/aromatic N) is 3. The van der Waals surface area contributed by atoms with Crippen LogP contribution in [0.1, 0.15) is 37.7 Å². The maximum atomic E-state index is 13.5. The molecule has 0 radical (unpaired) electrons. The zero-order valence-corrected chi connectivity index (χ0v) is 25.1. The van der Waals surface area contributed by atoms with Crippen molar-refractivity contribution in [1.82, 2.24) is 9.66 Å². The van der Waals surface area contributed by atoms with Gasteiger partial charge in [0.1, 0.15) is 24.0 Å². The number of halogens is 4. The van der Waals surface area contributed by atoms with Crippen molar-refractivity contribution in [1.29, 1.82) is 0 Å². The summed E-state index contributed by atoms with van der Waals surface area (Å²) in [7, 11) is 0. The molecule has 5 nitrogen and oxygen atoms in total. The van der Waals surface area contributed by atoms with Crippen LogP contribution in [-0.2, 0) is 12.0 Å². The summed E-state index contributed by atoms with van der Waals surface area (Å²) in [6.45, 7) is 6.27. The van der Waals surface area contributed by atoms with Crippen molar-refractivity contribution >= 4 is 78.2 Å². The Morgan fingerprint density at radius 2 is 1.83 bits per heavy atom. The number of benzene rings is 3. The van der Waals surface area contributed by atoms with Gasteiger partial charge in [0.2, 0.25) is 0 Å². The third-order valence-electron chi connectivity index (χ3n) is 5.09. The summed E-state index contributed by atoms with van der Waals surface area (Å²) in [4.78, 5) is 18.1. The highest BCUT2D eigenvalue weighted by Crippen LogP contribution is 2.30. The highest BCUT2D eigenvalue weighted by molar-refractivity contribution is 14.1. The zero-order chi connectivity index (χ0) is 25.3. The van der Waals surface area contributed by atoms with Gasteiger partial charge >= 0.3 is 0 Å². The van der Waals surface area contributed by atoms with E-state index in [2.05, 4.69) is 66.2 Å². The molecule has 9 heteroatoms. The third-order valence-corrected chi connectivity index (χ3v) is 7.19. The number of hydrogen-bond donors (Lipinski definition) is 0. The number of aromatic nitrogens is 2. The molecule has 0 saturated carbocycles. The van der Waals surface area contributed by atoms with Crippen LogP contribution in [0.3, 0.4) is 0 Å². The van der Waals surface area contributed by atoms with Gasteiger partial charge in [-0.05, 0) is 98.8 Å². The molecule has 0 aliphatic rings. The highest BCUT2D eigenvalue weighted by atomic mass is 127. The monoisotopic (exact) mass is 759 g/mol. The first-order valence-electron chi connectivity index (χ1n) is 10.7. The molecule has 4 aromatic rings. The first kappa shape index (κ1) is 26.2. The van der Waals surface area contributed by atoms with Gasteiger partial charge in [0, 0.05) is 9.89 Å². The molecule has 0 amide bonds. The molecule has 0 saturated heterocycles. The van der Waals surface area contributed by atoms with Crippen LogP contribution < -0.4 is 10.3 Å². The first-order valence-corrected chi connectivity index (χ1v) is 13.6. The van der Waals surface area contributed by atoms with E-state index in [0.717, 1.165) is 28.5 Å². The second-order valence-corrected chi connectivity index (χ2v) is 12.2. The Morgan fingerprint density at radius 1 is 1.11 bits per heavy atom. The van der Waals surface area contributed by atoms with Crippen molar-refractivity contribution in [2.75, 3.05) is 0 Å². The van der Waals surface area contributed by atoms with Gasteiger partial charge in [-0.15, -0.1) is 0 Å². The molecule has 0 spiro atoms. The average molecular weight is 760 g/mol. The van der Waals surface area contributed by atoms with Gasteiger partial charge in [0.15, 0.2) is 0 Å². The largest absolute Gasteiger partial charge is 0.487 e. The zero-order valence-electron chi connectivity index (χ0n) is 19.2. The Hall–Kier alpha value is -1.86. The Labute approximate surface area is 238 Å². The molecule has 4 rings (SSSR count). The maximum Gasteiger partial charge on any atom is 0.282 e. The standard InChI is InChI=1S/C26H21BrFI2N3O2/c1-26(2,3)25-32-22-8-7-17(27)12-19(22)24(34)33(25)31-13-16-10-20(29)23(21(30)11-16)35-14-15-5-4-6-18(28)9-15/h4-13H,14H2,1-3H3. The van der Waals surface area contributed by atoms with Gasteiger partial charge in [0.25, 0.3) is 5.56 Å². The maximum absolute atomic E-state index is 13.5. The van der Waals surface area contributed by atoms with E-state index in [9.17, 15) is 9.18 Å². The summed E-state index contributed by atoms with van der Waals surface area (Å²) < 4.78 is 23.4. The van der Waals surface area contributed by atoms with Gasteiger partial charge in [-0.2, -0.15) is 9.78 Å². The van der Waals surface area contributed by atoms with Crippen LogP contribution >= 0.6 is 61.1 Å². The van der Waals surface area contributed by atoms with Gasteiger partial charge < -0.3 is 4.74 Å². The topological polar surface area (TPSA) is 56.5 Å². The van der Waals surface area contributed by atoms with E-state index in [0.29, 0.717) is 16.7 Å². The van der Waals surface area contributed by atoms with Gasteiger partial charge in [-0.25, -0.2) is 9.37 Å². The second-order valence-electron chi connectivity index (χ2n) is 8.94. The number of ether oxygens (including phenoxy) is 1. The van der Waals surface area contributed by atoms with Crippen molar-refractivity contribution in [3.63, 3.8) is 0 Å². The smallest absolute Gasteiger partial charge is 0.282 e. The molecule has 0 bridgehead atoms. The lowest BCUT2D eigenvalue weighted by Crippen LogP contribution is -2.29. The van der Waals surface area contributed by atoms with E-state index in [1.165, 1.54) is 16.8 Å². The molecule has 0 atom stereocenters. The molecular weight excluding hydrogens is 739 g/mol. The molecule has 180 valence electrons. The van der Waals surface area contributed by atoms with E-state index in [4.69, 9.17) is 9.72 Å². The van der Waals surface area contributed by atoms with Crippen molar-refractivity contribution < 1.29 is 9.13 Å². The lowest BCUT2D eigenvalue weighted by molar-refractivity contribution is 0.301. The molecule has 1 aromatic heterocycles. The van der Waals surface area contributed by atoms with Crippen molar-refractivity contribution in [2.45, 2.75) is 32.8 Å². The van der Waals surface area contributed by atoms with E-state index in [1.54, 1.807) is 18.3 Å². The van der Waals surface area contributed by atoms with E-state index < -0.39 is 5.41 Å². The van der Waals surface area contributed by atoms with E-state index in [-0.39, 0.29) is 18.0 Å². The Balaban J connectivity index is 1.68. The second kappa shape index (κ2) is 10.6. The highest BCUT2D eigenvalue weighted by Gasteiger charge is 2.23. The third kappa shape index (κ3) is 6.11. The van der Waals surface area contributed by atoms with E-state index in [1.807, 2.05) is 51.1 Å².